The maximum absolute atomic E-state index is 11.6. The molecule has 0 bridgehead atoms. The molecular weight excluding hydrogens is 442 g/mol. The van der Waals surface area contributed by atoms with E-state index in [0.29, 0.717) is 5.69 Å². The van der Waals surface area contributed by atoms with E-state index in [2.05, 4.69) is 50.9 Å². The Kier molecular flexibility index (Phi) is 6.56. The van der Waals surface area contributed by atoms with Crippen molar-refractivity contribution in [2.24, 2.45) is 0 Å². The fraction of sp³-hybridized carbons (Fsp3) is 0.235. The van der Waals surface area contributed by atoms with Crippen LogP contribution in [0.5, 0.6) is 0 Å². The molecule has 2 aromatic carbocycles. The first kappa shape index (κ1) is 18.4. The van der Waals surface area contributed by atoms with E-state index < -0.39 is 0 Å². The number of nitrogens with two attached hydrogens (primary N) is 1. The van der Waals surface area contributed by atoms with E-state index in [-0.39, 0.29) is 17.0 Å². The van der Waals surface area contributed by atoms with Crippen LogP contribution in [0.3, 0.4) is 0 Å². The smallest absolute Gasteiger partial charge is 0.315 e. The normalized spacial score (nSPS) is 12.0. The number of benzene rings is 2. The van der Waals surface area contributed by atoms with Crippen LogP contribution in [-0.4, -0.2) is 18.8 Å². The van der Waals surface area contributed by atoms with Crippen LogP contribution < -0.4 is 5.73 Å². The fourth-order valence-electron chi connectivity index (χ4n) is 2.26. The first-order chi connectivity index (χ1) is 10.9. The van der Waals surface area contributed by atoms with Gasteiger partial charge < -0.3 is 10.5 Å². The van der Waals surface area contributed by atoms with Gasteiger partial charge in [-0.2, -0.15) is 0 Å². The first-order valence-electron chi connectivity index (χ1n) is 6.92. The third-order valence-electron chi connectivity index (χ3n) is 3.48. The summed E-state index contributed by atoms with van der Waals surface area (Å²) in [4.78, 5) is 11.6. The van der Waals surface area contributed by atoms with Crippen LogP contribution >= 0.6 is 43.6 Å². The van der Waals surface area contributed by atoms with E-state index in [1.165, 1.54) is 18.9 Å². The lowest BCUT2D eigenvalue weighted by atomic mass is 9.99. The summed E-state index contributed by atoms with van der Waals surface area (Å²) in [5.74, 6) is 0.0141. The molecular formula is C17H17Br2NO2S. The zero-order valence-electron chi connectivity index (χ0n) is 12.8. The van der Waals surface area contributed by atoms with Crippen LogP contribution in [0.25, 0.3) is 0 Å². The summed E-state index contributed by atoms with van der Waals surface area (Å²) >= 11 is 8.52. The molecule has 2 N–H and O–H groups in total. The van der Waals surface area contributed by atoms with Gasteiger partial charge in [0.2, 0.25) is 0 Å². The molecule has 2 aromatic rings. The van der Waals surface area contributed by atoms with Crippen LogP contribution in [0.4, 0.5) is 5.69 Å². The van der Waals surface area contributed by atoms with Crippen LogP contribution in [0, 0.1) is 6.92 Å². The highest BCUT2D eigenvalue weighted by Crippen LogP contribution is 2.43. The van der Waals surface area contributed by atoms with Gasteiger partial charge >= 0.3 is 5.97 Å². The van der Waals surface area contributed by atoms with E-state index >= 15 is 0 Å². The number of hydrogen-bond donors (Lipinski definition) is 1. The molecule has 122 valence electrons. The minimum atomic E-state index is -0.249. The van der Waals surface area contributed by atoms with Gasteiger partial charge in [-0.1, -0.05) is 40.2 Å². The molecule has 0 fully saturated rings. The van der Waals surface area contributed by atoms with E-state index in [4.69, 9.17) is 10.5 Å². The number of ether oxygens (including phenoxy) is 1. The zero-order valence-corrected chi connectivity index (χ0v) is 16.8. The second-order valence-corrected chi connectivity index (χ2v) is 7.88. The Morgan fingerprint density at radius 1 is 1.26 bits per heavy atom. The molecule has 1 atom stereocenters. The zero-order chi connectivity index (χ0) is 17.0. The largest absolute Gasteiger partial charge is 0.468 e. The summed E-state index contributed by atoms with van der Waals surface area (Å²) in [6, 6.07) is 12.0. The van der Waals surface area contributed by atoms with E-state index in [9.17, 15) is 4.79 Å². The molecule has 0 aromatic heterocycles. The second kappa shape index (κ2) is 8.22. The van der Waals surface area contributed by atoms with E-state index in [1.807, 2.05) is 24.3 Å². The number of nitrogen functional groups attached to an aromatic ring is 1. The predicted octanol–water partition coefficient (Wildman–Crippen LogP) is 5.10. The number of thioether (sulfide) groups is 1. The minimum absolute atomic E-state index is 0.0518. The van der Waals surface area contributed by atoms with Gasteiger partial charge in [0.15, 0.2) is 0 Å². The standard InChI is InChI=1S/C17H17Br2NO2S/c1-10-5-3-4-6-12(10)17(23-9-15(21)22-2)13-7-11(18)8-14(19)16(13)20/h3-8,17H,9,20H2,1-2H3. The van der Waals surface area contributed by atoms with Crippen molar-refractivity contribution < 1.29 is 9.53 Å². The Bertz CT molecular complexity index is 722. The maximum Gasteiger partial charge on any atom is 0.315 e. The first-order valence-corrected chi connectivity index (χ1v) is 9.56. The summed E-state index contributed by atoms with van der Waals surface area (Å²) in [7, 11) is 1.40. The van der Waals surface area contributed by atoms with Crippen LogP contribution in [0.15, 0.2) is 45.3 Å². The number of aryl methyl sites for hydroxylation is 1. The van der Waals surface area contributed by atoms with Crippen molar-refractivity contribution in [1.29, 1.82) is 0 Å². The Hall–Kier alpha value is -0.980. The molecule has 0 aliphatic rings. The van der Waals surface area contributed by atoms with Crippen molar-refractivity contribution in [3.63, 3.8) is 0 Å². The average molecular weight is 459 g/mol. The molecule has 0 saturated heterocycles. The average Bonchev–Trinajstić information content (AvgIpc) is 2.53. The van der Waals surface area contributed by atoms with Gasteiger partial charge in [0, 0.05) is 8.95 Å². The van der Waals surface area contributed by atoms with Gasteiger partial charge in [-0.05, 0) is 51.7 Å². The Morgan fingerprint density at radius 3 is 2.61 bits per heavy atom. The molecule has 2 rings (SSSR count). The van der Waals surface area contributed by atoms with Crippen molar-refractivity contribution in [2.75, 3.05) is 18.6 Å². The third-order valence-corrected chi connectivity index (χ3v) is 5.83. The van der Waals surface area contributed by atoms with Crippen molar-refractivity contribution in [2.45, 2.75) is 12.2 Å². The van der Waals surface area contributed by atoms with Crippen molar-refractivity contribution in [3.8, 4) is 0 Å². The van der Waals surface area contributed by atoms with Crippen LogP contribution in [0.2, 0.25) is 0 Å². The highest BCUT2D eigenvalue weighted by atomic mass is 79.9. The van der Waals surface area contributed by atoms with Gasteiger partial charge in [-0.3, -0.25) is 4.79 Å². The number of carbonyl (C=O) groups is 1. The summed E-state index contributed by atoms with van der Waals surface area (Å²) in [5, 5.41) is -0.0518. The number of rotatable bonds is 5. The Labute approximate surface area is 157 Å². The van der Waals surface area contributed by atoms with Gasteiger partial charge in [-0.25, -0.2) is 0 Å². The number of esters is 1. The molecule has 3 nitrogen and oxygen atoms in total. The summed E-state index contributed by atoms with van der Waals surface area (Å²) in [6.45, 7) is 2.06. The summed E-state index contributed by atoms with van der Waals surface area (Å²) in [6.07, 6.45) is 0. The molecule has 0 spiro atoms. The van der Waals surface area contributed by atoms with Crippen molar-refractivity contribution >= 4 is 55.3 Å². The molecule has 6 heteroatoms. The fourth-order valence-corrected chi connectivity index (χ4v) is 4.76. The number of hydrogen-bond acceptors (Lipinski definition) is 4. The molecule has 23 heavy (non-hydrogen) atoms. The second-order valence-electron chi connectivity index (χ2n) is 5.01. The number of carbonyl (C=O) groups excluding carboxylic acids is 1. The van der Waals surface area contributed by atoms with Gasteiger partial charge in [0.25, 0.3) is 0 Å². The highest BCUT2D eigenvalue weighted by molar-refractivity contribution is 9.11. The van der Waals surface area contributed by atoms with Crippen molar-refractivity contribution in [3.05, 3.63) is 62.0 Å². The minimum Gasteiger partial charge on any atom is -0.468 e. The maximum atomic E-state index is 11.6. The van der Waals surface area contributed by atoms with Gasteiger partial charge in [0.05, 0.1) is 23.8 Å². The number of anilines is 1. The van der Waals surface area contributed by atoms with Crippen LogP contribution in [0.1, 0.15) is 21.9 Å². The molecule has 0 radical (unpaired) electrons. The number of halogens is 2. The Morgan fingerprint density at radius 2 is 1.96 bits per heavy atom. The van der Waals surface area contributed by atoms with Gasteiger partial charge in [-0.15, -0.1) is 11.8 Å². The molecule has 0 aliphatic heterocycles. The third kappa shape index (κ3) is 4.52. The monoisotopic (exact) mass is 457 g/mol. The molecule has 0 saturated carbocycles. The SMILES string of the molecule is COC(=O)CSC(c1ccccc1C)c1cc(Br)cc(Br)c1N. The Balaban J connectivity index is 2.50. The lowest BCUT2D eigenvalue weighted by Crippen LogP contribution is -2.09. The topological polar surface area (TPSA) is 52.3 Å². The molecule has 1 unspecified atom stereocenters. The van der Waals surface area contributed by atoms with E-state index in [0.717, 1.165) is 25.6 Å². The summed E-state index contributed by atoms with van der Waals surface area (Å²) < 4.78 is 6.54. The molecule has 0 heterocycles. The lowest BCUT2D eigenvalue weighted by Gasteiger charge is -2.22. The highest BCUT2D eigenvalue weighted by Gasteiger charge is 2.22. The quantitative estimate of drug-likeness (QED) is 0.500. The van der Waals surface area contributed by atoms with Gasteiger partial charge in [0.1, 0.15) is 0 Å². The van der Waals surface area contributed by atoms with Crippen LogP contribution in [-0.2, 0) is 9.53 Å². The summed E-state index contributed by atoms with van der Waals surface area (Å²) in [5.41, 5.74) is 10.2. The molecule has 0 amide bonds. The van der Waals surface area contributed by atoms with E-state index in [1.54, 1.807) is 0 Å². The van der Waals surface area contributed by atoms with Crippen molar-refractivity contribution in [1.82, 2.24) is 0 Å². The molecule has 0 aliphatic carbocycles. The number of methoxy groups -OCH3 is 1. The lowest BCUT2D eigenvalue weighted by molar-refractivity contribution is -0.137. The predicted molar refractivity (Wildman–Crippen MR) is 104 cm³/mol.